The molecule has 6 nitrogen and oxygen atoms in total. The Bertz CT molecular complexity index is 462. The van der Waals surface area contributed by atoms with Gasteiger partial charge >= 0.3 is 6.09 Å². The standard InChI is InChI=1S/C15H30N2O4S/c1-12(11-22(5,19)20)16-10-13-6-8-17(9-7-13)14(18)21-15(2,3)4/h12-13,16H,6-11H2,1-5H3. The summed E-state index contributed by atoms with van der Waals surface area (Å²) in [6.07, 6.45) is 2.84. The molecule has 1 rings (SSSR count). The number of rotatable bonds is 5. The molecule has 1 N–H and O–H groups in total. The van der Waals surface area contributed by atoms with E-state index in [1.165, 1.54) is 6.26 Å². The van der Waals surface area contributed by atoms with Gasteiger partial charge in [-0.1, -0.05) is 0 Å². The third-order valence-electron chi connectivity index (χ3n) is 3.57. The van der Waals surface area contributed by atoms with E-state index in [9.17, 15) is 13.2 Å². The van der Waals surface area contributed by atoms with Gasteiger partial charge in [-0.25, -0.2) is 13.2 Å². The quantitative estimate of drug-likeness (QED) is 0.827. The number of piperidine rings is 1. The molecule has 0 radical (unpaired) electrons. The highest BCUT2D eigenvalue weighted by Gasteiger charge is 2.26. The highest BCUT2D eigenvalue weighted by atomic mass is 32.2. The van der Waals surface area contributed by atoms with Crippen LogP contribution in [-0.4, -0.2) is 62.7 Å². The topological polar surface area (TPSA) is 75.7 Å². The van der Waals surface area contributed by atoms with Gasteiger partial charge in [0, 0.05) is 25.4 Å². The Morgan fingerprint density at radius 3 is 2.32 bits per heavy atom. The molecule has 22 heavy (non-hydrogen) atoms. The first-order chi connectivity index (χ1) is 9.96. The molecule has 0 aromatic carbocycles. The third kappa shape index (κ3) is 7.98. The minimum atomic E-state index is -2.95. The molecule has 0 saturated carbocycles. The number of carbonyl (C=O) groups is 1. The van der Waals surface area contributed by atoms with E-state index >= 15 is 0 Å². The van der Waals surface area contributed by atoms with Crippen molar-refractivity contribution in [1.82, 2.24) is 10.2 Å². The lowest BCUT2D eigenvalue weighted by atomic mass is 9.97. The first-order valence-electron chi connectivity index (χ1n) is 7.85. The molecule has 1 aliphatic rings. The molecule has 1 saturated heterocycles. The number of sulfone groups is 1. The summed E-state index contributed by atoms with van der Waals surface area (Å²) in [4.78, 5) is 13.7. The van der Waals surface area contributed by atoms with Crippen molar-refractivity contribution < 1.29 is 17.9 Å². The number of hydrogen-bond donors (Lipinski definition) is 1. The first kappa shape index (κ1) is 19.2. The predicted octanol–water partition coefficient (Wildman–Crippen LogP) is 1.66. The fourth-order valence-corrected chi connectivity index (χ4v) is 3.55. The fourth-order valence-electron chi connectivity index (χ4n) is 2.53. The second-order valence-corrected chi connectivity index (χ2v) is 9.50. The van der Waals surface area contributed by atoms with Crippen LogP contribution < -0.4 is 5.32 Å². The molecular weight excluding hydrogens is 304 g/mol. The molecule has 1 amide bonds. The maximum atomic E-state index is 12.0. The molecule has 130 valence electrons. The maximum Gasteiger partial charge on any atom is 0.410 e. The summed E-state index contributed by atoms with van der Waals surface area (Å²) in [7, 11) is -2.95. The van der Waals surface area contributed by atoms with Crippen molar-refractivity contribution in [3.8, 4) is 0 Å². The minimum Gasteiger partial charge on any atom is -0.444 e. The normalized spacial score (nSPS) is 19.0. The van der Waals surface area contributed by atoms with Crippen molar-refractivity contribution in [2.45, 2.75) is 52.2 Å². The lowest BCUT2D eigenvalue weighted by Gasteiger charge is -2.33. The van der Waals surface area contributed by atoms with Crippen LogP contribution in [0.2, 0.25) is 0 Å². The van der Waals surface area contributed by atoms with Crippen LogP contribution in [0.5, 0.6) is 0 Å². The van der Waals surface area contributed by atoms with E-state index in [1.807, 2.05) is 27.7 Å². The third-order valence-corrected chi connectivity index (χ3v) is 4.68. The van der Waals surface area contributed by atoms with Gasteiger partial charge in [-0.05, 0) is 53.0 Å². The summed E-state index contributed by atoms with van der Waals surface area (Å²) in [6, 6.07) is -0.0427. The van der Waals surface area contributed by atoms with Crippen LogP contribution in [-0.2, 0) is 14.6 Å². The predicted molar refractivity (Wildman–Crippen MR) is 87.7 cm³/mol. The van der Waals surface area contributed by atoms with Gasteiger partial charge in [0.15, 0.2) is 0 Å². The Morgan fingerprint density at radius 2 is 1.86 bits per heavy atom. The van der Waals surface area contributed by atoms with Gasteiger partial charge in [0.2, 0.25) is 0 Å². The molecule has 7 heteroatoms. The summed E-state index contributed by atoms with van der Waals surface area (Å²) < 4.78 is 27.8. The molecule has 0 aliphatic carbocycles. The SMILES string of the molecule is CC(CS(C)(=O)=O)NCC1CCN(C(=O)OC(C)(C)C)CC1. The van der Waals surface area contributed by atoms with Crippen LogP contribution in [0, 0.1) is 5.92 Å². The van der Waals surface area contributed by atoms with E-state index in [1.54, 1.807) is 4.90 Å². The van der Waals surface area contributed by atoms with Crippen molar-refractivity contribution in [3.05, 3.63) is 0 Å². The Morgan fingerprint density at radius 1 is 1.32 bits per heavy atom. The summed E-state index contributed by atoms with van der Waals surface area (Å²) >= 11 is 0. The monoisotopic (exact) mass is 334 g/mol. The molecule has 1 fully saturated rings. The summed E-state index contributed by atoms with van der Waals surface area (Å²) in [5.74, 6) is 0.629. The molecule has 0 bridgehead atoms. The van der Waals surface area contributed by atoms with Crippen LogP contribution >= 0.6 is 0 Å². The number of nitrogens with zero attached hydrogens (tertiary/aromatic N) is 1. The molecule has 0 aromatic heterocycles. The zero-order valence-electron chi connectivity index (χ0n) is 14.4. The number of nitrogens with one attached hydrogen (secondary N) is 1. The van der Waals surface area contributed by atoms with E-state index in [-0.39, 0.29) is 17.9 Å². The molecule has 0 aromatic rings. The van der Waals surface area contributed by atoms with Gasteiger partial charge in [0.05, 0.1) is 5.75 Å². The van der Waals surface area contributed by atoms with E-state index < -0.39 is 15.4 Å². The molecule has 1 heterocycles. The van der Waals surface area contributed by atoms with Gasteiger partial charge in [0.25, 0.3) is 0 Å². The lowest BCUT2D eigenvalue weighted by molar-refractivity contribution is 0.0183. The second-order valence-electron chi connectivity index (χ2n) is 7.31. The summed E-state index contributed by atoms with van der Waals surface area (Å²) in [6.45, 7) is 9.67. The van der Waals surface area contributed by atoms with Crippen molar-refractivity contribution in [2.24, 2.45) is 5.92 Å². The molecular formula is C15H30N2O4S. The van der Waals surface area contributed by atoms with Crippen LogP contribution in [0.15, 0.2) is 0 Å². The number of amides is 1. The zero-order chi connectivity index (χ0) is 17.0. The van der Waals surface area contributed by atoms with Crippen LogP contribution in [0.25, 0.3) is 0 Å². The minimum absolute atomic E-state index is 0.0427. The zero-order valence-corrected chi connectivity index (χ0v) is 15.2. The van der Waals surface area contributed by atoms with Crippen molar-refractivity contribution in [3.63, 3.8) is 0 Å². The number of hydrogen-bond acceptors (Lipinski definition) is 5. The maximum absolute atomic E-state index is 12.0. The summed E-state index contributed by atoms with van der Waals surface area (Å²) in [5, 5.41) is 3.28. The Hall–Kier alpha value is -0.820. The Balaban J connectivity index is 2.29. The first-order valence-corrected chi connectivity index (χ1v) is 9.91. The Labute approximate surface area is 134 Å². The van der Waals surface area contributed by atoms with Gasteiger partial charge < -0.3 is 15.0 Å². The molecule has 1 atom stereocenters. The van der Waals surface area contributed by atoms with E-state index in [0.717, 1.165) is 19.4 Å². The van der Waals surface area contributed by atoms with Crippen LogP contribution in [0.1, 0.15) is 40.5 Å². The molecule has 1 aliphatic heterocycles. The van der Waals surface area contributed by atoms with Gasteiger partial charge in [-0.15, -0.1) is 0 Å². The average Bonchev–Trinajstić information content (AvgIpc) is 2.33. The van der Waals surface area contributed by atoms with Crippen molar-refractivity contribution in [1.29, 1.82) is 0 Å². The lowest BCUT2D eigenvalue weighted by Crippen LogP contribution is -2.44. The number of ether oxygens (including phenoxy) is 1. The largest absolute Gasteiger partial charge is 0.444 e. The summed E-state index contributed by atoms with van der Waals surface area (Å²) in [5.41, 5.74) is -0.462. The van der Waals surface area contributed by atoms with Gasteiger partial charge in [-0.2, -0.15) is 0 Å². The second kappa shape index (κ2) is 7.64. The highest BCUT2D eigenvalue weighted by molar-refractivity contribution is 7.90. The van der Waals surface area contributed by atoms with Gasteiger partial charge in [0.1, 0.15) is 15.4 Å². The average molecular weight is 334 g/mol. The molecule has 1 unspecified atom stereocenters. The van der Waals surface area contributed by atoms with E-state index in [0.29, 0.717) is 19.0 Å². The van der Waals surface area contributed by atoms with Crippen LogP contribution in [0.4, 0.5) is 4.79 Å². The number of carbonyl (C=O) groups excluding carboxylic acids is 1. The Kier molecular flexibility index (Phi) is 6.67. The smallest absolute Gasteiger partial charge is 0.410 e. The fraction of sp³-hybridized carbons (Fsp3) is 0.933. The van der Waals surface area contributed by atoms with Gasteiger partial charge in [-0.3, -0.25) is 0 Å². The number of likely N-dealkylation sites (tertiary alicyclic amines) is 1. The van der Waals surface area contributed by atoms with Crippen LogP contribution in [0.3, 0.4) is 0 Å². The highest BCUT2D eigenvalue weighted by Crippen LogP contribution is 2.19. The van der Waals surface area contributed by atoms with E-state index in [4.69, 9.17) is 4.74 Å². The van der Waals surface area contributed by atoms with E-state index in [2.05, 4.69) is 5.32 Å². The van der Waals surface area contributed by atoms with Crippen molar-refractivity contribution in [2.75, 3.05) is 31.6 Å². The van der Waals surface area contributed by atoms with Crippen molar-refractivity contribution >= 4 is 15.9 Å². The molecule has 0 spiro atoms.